The van der Waals surface area contributed by atoms with E-state index < -0.39 is 11.3 Å². The van der Waals surface area contributed by atoms with E-state index >= 15 is 0 Å². The maximum atomic E-state index is 10.5. The highest BCUT2D eigenvalue weighted by atomic mass is 35.5. The number of nitrogens with zero attached hydrogens (tertiary/aromatic N) is 1. The zero-order chi connectivity index (χ0) is 9.84. The second-order valence-corrected chi connectivity index (χ2v) is 3.16. The van der Waals surface area contributed by atoms with E-state index in [1.165, 1.54) is 6.20 Å². The monoisotopic (exact) mass is 215 g/mol. The van der Waals surface area contributed by atoms with E-state index in [9.17, 15) is 4.79 Å². The van der Waals surface area contributed by atoms with Gasteiger partial charge in [-0.05, 0) is 12.1 Å². The van der Waals surface area contributed by atoms with Gasteiger partial charge in [-0.1, -0.05) is 18.3 Å². The van der Waals surface area contributed by atoms with E-state index in [1.54, 1.807) is 18.2 Å². The third kappa shape index (κ3) is 2.47. The van der Waals surface area contributed by atoms with Crippen molar-refractivity contribution in [1.29, 1.82) is 0 Å². The predicted octanol–water partition coefficient (Wildman–Crippen LogP) is 1.82. The molecule has 0 amide bonds. The number of carbonyl (C=O) groups is 1. The van der Waals surface area contributed by atoms with Gasteiger partial charge in [0.2, 0.25) is 0 Å². The van der Waals surface area contributed by atoms with Crippen molar-refractivity contribution in [3.63, 3.8) is 0 Å². The molecule has 0 saturated heterocycles. The minimum absolute atomic E-state index is 0.236. The van der Waals surface area contributed by atoms with Crippen molar-refractivity contribution >= 4 is 34.7 Å². The largest absolute Gasteiger partial charge is 0.477 e. The Labute approximate surface area is 85.4 Å². The number of aromatic nitrogens is 1. The molecule has 0 spiro atoms. The van der Waals surface area contributed by atoms with Gasteiger partial charge in [0, 0.05) is 6.20 Å². The molecule has 13 heavy (non-hydrogen) atoms. The van der Waals surface area contributed by atoms with E-state index in [4.69, 9.17) is 16.7 Å². The zero-order valence-corrected chi connectivity index (χ0v) is 8.05. The SMILES string of the molecule is O=C(O)C(=S)C(Cl)c1ccccn1. The van der Waals surface area contributed by atoms with Crippen LogP contribution in [0, 0.1) is 0 Å². The highest BCUT2D eigenvalue weighted by Crippen LogP contribution is 2.19. The Morgan fingerprint density at radius 2 is 2.31 bits per heavy atom. The third-order valence-electron chi connectivity index (χ3n) is 1.39. The summed E-state index contributed by atoms with van der Waals surface area (Å²) in [5.74, 6) is -1.18. The maximum absolute atomic E-state index is 10.5. The summed E-state index contributed by atoms with van der Waals surface area (Å²) >= 11 is 10.4. The average molecular weight is 216 g/mol. The van der Waals surface area contributed by atoms with Gasteiger partial charge in [0.05, 0.1) is 5.69 Å². The van der Waals surface area contributed by atoms with Crippen LogP contribution in [0.3, 0.4) is 0 Å². The number of alkyl halides is 1. The molecule has 0 bridgehead atoms. The lowest BCUT2D eigenvalue weighted by Gasteiger charge is -2.05. The molecule has 5 heteroatoms. The number of carboxylic acid groups (broad SMARTS) is 1. The molecule has 1 aromatic rings. The van der Waals surface area contributed by atoms with Crippen LogP contribution in [-0.4, -0.2) is 20.9 Å². The number of pyridine rings is 1. The van der Waals surface area contributed by atoms with Crippen LogP contribution < -0.4 is 0 Å². The van der Waals surface area contributed by atoms with Crippen molar-refractivity contribution < 1.29 is 9.90 Å². The van der Waals surface area contributed by atoms with E-state index in [-0.39, 0.29) is 4.86 Å². The summed E-state index contributed by atoms with van der Waals surface area (Å²) in [5, 5.41) is 7.72. The van der Waals surface area contributed by atoms with Crippen LogP contribution in [0.15, 0.2) is 24.4 Å². The van der Waals surface area contributed by atoms with Crippen molar-refractivity contribution in [3.8, 4) is 0 Å². The molecule has 0 aliphatic rings. The summed E-state index contributed by atoms with van der Waals surface area (Å²) in [4.78, 5) is 14.1. The number of hydrogen-bond acceptors (Lipinski definition) is 3. The van der Waals surface area contributed by atoms with Gasteiger partial charge in [0.15, 0.2) is 0 Å². The van der Waals surface area contributed by atoms with E-state index in [1.807, 2.05) is 0 Å². The smallest absolute Gasteiger partial charge is 0.344 e. The topological polar surface area (TPSA) is 50.2 Å². The van der Waals surface area contributed by atoms with Gasteiger partial charge in [0.25, 0.3) is 0 Å². The zero-order valence-electron chi connectivity index (χ0n) is 6.48. The first kappa shape index (κ1) is 10.1. The lowest BCUT2D eigenvalue weighted by Crippen LogP contribution is -2.16. The molecule has 1 atom stereocenters. The molecular weight excluding hydrogens is 210 g/mol. The van der Waals surface area contributed by atoms with Gasteiger partial charge in [-0.15, -0.1) is 11.6 Å². The molecule has 1 rings (SSSR count). The fourth-order valence-corrected chi connectivity index (χ4v) is 1.11. The Kier molecular flexibility index (Phi) is 3.33. The number of rotatable bonds is 3. The first-order chi connectivity index (χ1) is 6.13. The van der Waals surface area contributed by atoms with Crippen LogP contribution in [0.1, 0.15) is 11.1 Å². The second-order valence-electron chi connectivity index (χ2n) is 2.29. The van der Waals surface area contributed by atoms with Gasteiger partial charge >= 0.3 is 5.97 Å². The Morgan fingerprint density at radius 3 is 2.77 bits per heavy atom. The highest BCUT2D eigenvalue weighted by molar-refractivity contribution is 7.82. The lowest BCUT2D eigenvalue weighted by atomic mass is 10.2. The third-order valence-corrected chi connectivity index (χ3v) is 2.37. The summed E-state index contributed by atoms with van der Waals surface area (Å²) in [5.41, 5.74) is 0.455. The molecule has 1 aromatic heterocycles. The van der Waals surface area contributed by atoms with Crippen LogP contribution in [-0.2, 0) is 4.79 Å². The molecule has 0 fully saturated rings. The van der Waals surface area contributed by atoms with Crippen molar-refractivity contribution in [1.82, 2.24) is 4.98 Å². The maximum Gasteiger partial charge on any atom is 0.344 e. The molecule has 1 heterocycles. The second kappa shape index (κ2) is 4.30. The van der Waals surface area contributed by atoms with Gasteiger partial charge in [-0.25, -0.2) is 4.79 Å². The fourth-order valence-electron chi connectivity index (χ4n) is 0.769. The average Bonchev–Trinajstić information content (AvgIpc) is 2.17. The number of hydrogen-bond donors (Lipinski definition) is 1. The van der Waals surface area contributed by atoms with E-state index in [2.05, 4.69) is 17.2 Å². The standard InChI is InChI=1S/C8H6ClNO2S/c9-6(7(13)8(11)12)5-3-1-2-4-10-5/h1-4,6H,(H,11,12). The molecule has 0 aromatic carbocycles. The summed E-state index contributed by atoms with van der Waals surface area (Å²) in [7, 11) is 0. The van der Waals surface area contributed by atoms with Gasteiger partial charge < -0.3 is 5.11 Å². The van der Waals surface area contributed by atoms with Gasteiger partial charge in [-0.2, -0.15) is 0 Å². The Bertz CT molecular complexity index is 328. The summed E-state index contributed by atoms with van der Waals surface area (Å²) in [6, 6.07) is 5.08. The molecule has 0 aliphatic heterocycles. The van der Waals surface area contributed by atoms with Gasteiger partial charge in [0.1, 0.15) is 10.2 Å². The van der Waals surface area contributed by atoms with Crippen LogP contribution in [0.4, 0.5) is 0 Å². The highest BCUT2D eigenvalue weighted by Gasteiger charge is 2.20. The summed E-state index contributed by atoms with van der Waals surface area (Å²) in [6.07, 6.45) is 1.54. The van der Waals surface area contributed by atoms with E-state index in [0.717, 1.165) is 0 Å². The predicted molar refractivity (Wildman–Crippen MR) is 53.1 cm³/mol. The summed E-state index contributed by atoms with van der Waals surface area (Å²) < 4.78 is 0. The Balaban J connectivity index is 2.86. The van der Waals surface area contributed by atoms with Crippen LogP contribution in [0.5, 0.6) is 0 Å². The van der Waals surface area contributed by atoms with Crippen molar-refractivity contribution in [2.24, 2.45) is 0 Å². The molecule has 1 N–H and O–H groups in total. The molecule has 1 unspecified atom stereocenters. The molecule has 0 saturated carbocycles. The van der Waals surface area contributed by atoms with Crippen molar-refractivity contribution in [2.45, 2.75) is 5.38 Å². The van der Waals surface area contributed by atoms with Crippen LogP contribution in [0.2, 0.25) is 0 Å². The van der Waals surface area contributed by atoms with Gasteiger partial charge in [-0.3, -0.25) is 4.98 Å². The Hall–Kier alpha value is -1.00. The number of carboxylic acids is 1. The van der Waals surface area contributed by atoms with Crippen LogP contribution >= 0.6 is 23.8 Å². The number of thiocarbonyl (C=S) groups is 1. The molecule has 3 nitrogen and oxygen atoms in total. The first-order valence-electron chi connectivity index (χ1n) is 3.45. The number of halogens is 1. The molecule has 0 radical (unpaired) electrons. The van der Waals surface area contributed by atoms with Crippen LogP contribution in [0.25, 0.3) is 0 Å². The first-order valence-corrected chi connectivity index (χ1v) is 4.29. The number of aliphatic carboxylic acids is 1. The van der Waals surface area contributed by atoms with Crippen molar-refractivity contribution in [3.05, 3.63) is 30.1 Å². The molecular formula is C8H6ClNO2S. The minimum Gasteiger partial charge on any atom is -0.477 e. The molecule has 0 aliphatic carbocycles. The fraction of sp³-hybridized carbons (Fsp3) is 0.125. The van der Waals surface area contributed by atoms with E-state index in [0.29, 0.717) is 5.69 Å². The Morgan fingerprint density at radius 1 is 1.62 bits per heavy atom. The van der Waals surface area contributed by atoms with Crippen molar-refractivity contribution in [2.75, 3.05) is 0 Å². The summed E-state index contributed by atoms with van der Waals surface area (Å²) in [6.45, 7) is 0. The molecule has 68 valence electrons. The quantitative estimate of drug-likeness (QED) is 0.617. The lowest BCUT2D eigenvalue weighted by molar-refractivity contribution is -0.129. The normalized spacial score (nSPS) is 12.1. The minimum atomic E-state index is -1.18.